The van der Waals surface area contributed by atoms with Gasteiger partial charge in [-0.3, -0.25) is 0 Å². The molecule has 0 saturated carbocycles. The van der Waals surface area contributed by atoms with Gasteiger partial charge in [0.05, 0.1) is 13.7 Å². The Kier molecular flexibility index (Phi) is 6.62. The first kappa shape index (κ1) is 14.0. The van der Waals surface area contributed by atoms with E-state index in [9.17, 15) is 5.11 Å². The van der Waals surface area contributed by atoms with Crippen LogP contribution in [0.25, 0.3) is 0 Å². The fraction of sp³-hybridized carbons (Fsp3) is 0.538. The van der Waals surface area contributed by atoms with Crippen molar-refractivity contribution in [1.82, 2.24) is 0 Å². The van der Waals surface area contributed by atoms with Gasteiger partial charge in [-0.25, -0.2) is 0 Å². The summed E-state index contributed by atoms with van der Waals surface area (Å²) in [7, 11) is 3.27. The highest BCUT2D eigenvalue weighted by Crippen LogP contribution is 2.17. The molecule has 0 spiro atoms. The summed E-state index contributed by atoms with van der Waals surface area (Å²) >= 11 is 0. The van der Waals surface area contributed by atoms with E-state index in [1.807, 2.05) is 24.3 Å². The van der Waals surface area contributed by atoms with Gasteiger partial charge in [0, 0.05) is 20.3 Å². The molecule has 0 aliphatic carbocycles. The lowest BCUT2D eigenvalue weighted by Gasteiger charge is -2.12. The van der Waals surface area contributed by atoms with E-state index >= 15 is 0 Å². The summed E-state index contributed by atoms with van der Waals surface area (Å²) in [6.45, 7) is 1.58. The number of methoxy groups -OCH3 is 2. The van der Waals surface area contributed by atoms with Crippen molar-refractivity contribution < 1.29 is 19.3 Å². The van der Waals surface area contributed by atoms with Gasteiger partial charge in [0.1, 0.15) is 11.9 Å². The summed E-state index contributed by atoms with van der Waals surface area (Å²) in [5, 5.41) is 9.84. The standard InChI is InChI=1S/C13H20O4/c1-15-8-3-9-17-10-13(14)11-4-6-12(16-2)7-5-11/h4-7,13-14H,3,8-10H2,1-2H3. The van der Waals surface area contributed by atoms with Crippen LogP contribution in [0, 0.1) is 0 Å². The second kappa shape index (κ2) is 8.06. The highest BCUT2D eigenvalue weighted by Gasteiger charge is 2.07. The van der Waals surface area contributed by atoms with E-state index in [1.165, 1.54) is 0 Å². The van der Waals surface area contributed by atoms with Crippen LogP contribution in [0.4, 0.5) is 0 Å². The third-order valence-corrected chi connectivity index (χ3v) is 2.41. The van der Waals surface area contributed by atoms with Gasteiger partial charge in [-0.15, -0.1) is 0 Å². The summed E-state index contributed by atoms with van der Waals surface area (Å²) in [5.41, 5.74) is 0.831. The Bertz CT molecular complexity index is 297. The third kappa shape index (κ3) is 5.17. The van der Waals surface area contributed by atoms with E-state index in [0.29, 0.717) is 19.8 Å². The minimum absolute atomic E-state index is 0.302. The largest absolute Gasteiger partial charge is 0.497 e. The number of hydrogen-bond donors (Lipinski definition) is 1. The van der Waals surface area contributed by atoms with Crippen molar-refractivity contribution >= 4 is 0 Å². The molecule has 96 valence electrons. The zero-order valence-electron chi connectivity index (χ0n) is 10.4. The second-order valence-electron chi connectivity index (χ2n) is 3.71. The average Bonchev–Trinajstić information content (AvgIpc) is 2.38. The van der Waals surface area contributed by atoms with E-state index in [4.69, 9.17) is 14.2 Å². The minimum atomic E-state index is -0.594. The molecule has 0 saturated heterocycles. The molecule has 0 heterocycles. The van der Waals surface area contributed by atoms with Crippen LogP contribution in [0.1, 0.15) is 18.1 Å². The predicted molar refractivity (Wildman–Crippen MR) is 65.3 cm³/mol. The van der Waals surface area contributed by atoms with Crippen molar-refractivity contribution in [3.05, 3.63) is 29.8 Å². The molecule has 4 heteroatoms. The maximum atomic E-state index is 9.84. The van der Waals surface area contributed by atoms with Crippen LogP contribution in [0.2, 0.25) is 0 Å². The normalized spacial score (nSPS) is 12.4. The van der Waals surface area contributed by atoms with Crippen molar-refractivity contribution in [3.63, 3.8) is 0 Å². The van der Waals surface area contributed by atoms with Crippen LogP contribution in [0.3, 0.4) is 0 Å². The van der Waals surface area contributed by atoms with E-state index in [0.717, 1.165) is 17.7 Å². The second-order valence-corrected chi connectivity index (χ2v) is 3.71. The van der Waals surface area contributed by atoms with Crippen molar-refractivity contribution in [2.45, 2.75) is 12.5 Å². The van der Waals surface area contributed by atoms with Gasteiger partial charge >= 0.3 is 0 Å². The van der Waals surface area contributed by atoms with Crippen molar-refractivity contribution in [2.75, 3.05) is 34.0 Å². The maximum absolute atomic E-state index is 9.84. The molecule has 1 atom stereocenters. The lowest BCUT2D eigenvalue weighted by atomic mass is 10.1. The molecule has 4 nitrogen and oxygen atoms in total. The maximum Gasteiger partial charge on any atom is 0.118 e. The highest BCUT2D eigenvalue weighted by atomic mass is 16.5. The molecule has 1 N–H and O–H groups in total. The average molecular weight is 240 g/mol. The molecular formula is C13H20O4. The van der Waals surface area contributed by atoms with E-state index in [1.54, 1.807) is 14.2 Å². The molecule has 0 bridgehead atoms. The summed E-state index contributed by atoms with van der Waals surface area (Å²) in [6.07, 6.45) is 0.245. The van der Waals surface area contributed by atoms with Crippen LogP contribution >= 0.6 is 0 Å². The third-order valence-electron chi connectivity index (χ3n) is 2.41. The molecule has 0 amide bonds. The van der Waals surface area contributed by atoms with Crippen LogP contribution in [-0.2, 0) is 9.47 Å². The van der Waals surface area contributed by atoms with Crippen molar-refractivity contribution in [1.29, 1.82) is 0 Å². The molecule has 17 heavy (non-hydrogen) atoms. The summed E-state index contributed by atoms with van der Waals surface area (Å²) in [5.74, 6) is 0.780. The summed E-state index contributed by atoms with van der Waals surface area (Å²) < 4.78 is 15.3. The van der Waals surface area contributed by atoms with Crippen LogP contribution in [0.5, 0.6) is 5.75 Å². The molecule has 1 unspecified atom stereocenters. The Morgan fingerprint density at radius 3 is 2.41 bits per heavy atom. The Hall–Kier alpha value is -1.10. The summed E-state index contributed by atoms with van der Waals surface area (Å²) in [4.78, 5) is 0. The van der Waals surface area contributed by atoms with Gasteiger partial charge < -0.3 is 19.3 Å². The zero-order valence-corrected chi connectivity index (χ0v) is 10.4. The monoisotopic (exact) mass is 240 g/mol. The summed E-state index contributed by atoms with van der Waals surface area (Å²) in [6, 6.07) is 7.32. The lowest BCUT2D eigenvalue weighted by molar-refractivity contribution is 0.0279. The Balaban J connectivity index is 2.28. The first-order chi connectivity index (χ1) is 8.27. The van der Waals surface area contributed by atoms with Gasteiger partial charge in [-0.1, -0.05) is 12.1 Å². The Labute approximate surface area is 102 Å². The predicted octanol–water partition coefficient (Wildman–Crippen LogP) is 1.78. The lowest BCUT2D eigenvalue weighted by Crippen LogP contribution is -2.09. The fourth-order valence-electron chi connectivity index (χ4n) is 1.42. The van der Waals surface area contributed by atoms with Crippen LogP contribution in [0.15, 0.2) is 24.3 Å². The minimum Gasteiger partial charge on any atom is -0.497 e. The van der Waals surface area contributed by atoms with Crippen molar-refractivity contribution in [3.8, 4) is 5.75 Å². The number of hydrogen-bond acceptors (Lipinski definition) is 4. The van der Waals surface area contributed by atoms with E-state index < -0.39 is 6.10 Å². The molecule has 0 aromatic heterocycles. The van der Waals surface area contributed by atoms with Crippen LogP contribution < -0.4 is 4.74 Å². The van der Waals surface area contributed by atoms with E-state index in [-0.39, 0.29) is 0 Å². The number of benzene rings is 1. The first-order valence-corrected chi connectivity index (χ1v) is 5.66. The van der Waals surface area contributed by atoms with Crippen LogP contribution in [-0.4, -0.2) is 39.1 Å². The molecule has 0 aliphatic rings. The molecule has 1 rings (SSSR count). The van der Waals surface area contributed by atoms with E-state index in [2.05, 4.69) is 0 Å². The number of aliphatic hydroxyl groups excluding tert-OH is 1. The Morgan fingerprint density at radius 2 is 1.82 bits per heavy atom. The quantitative estimate of drug-likeness (QED) is 0.704. The smallest absolute Gasteiger partial charge is 0.118 e. The van der Waals surface area contributed by atoms with Gasteiger partial charge in [0.25, 0.3) is 0 Å². The molecule has 1 aromatic carbocycles. The van der Waals surface area contributed by atoms with Crippen molar-refractivity contribution in [2.24, 2.45) is 0 Å². The molecule has 0 radical (unpaired) electrons. The molecule has 1 aromatic rings. The topological polar surface area (TPSA) is 47.9 Å². The first-order valence-electron chi connectivity index (χ1n) is 5.66. The molecule has 0 aliphatic heterocycles. The molecular weight excluding hydrogens is 220 g/mol. The SMILES string of the molecule is COCCCOCC(O)c1ccc(OC)cc1. The number of aliphatic hydroxyl groups is 1. The van der Waals surface area contributed by atoms with Gasteiger partial charge in [0.2, 0.25) is 0 Å². The highest BCUT2D eigenvalue weighted by molar-refractivity contribution is 5.28. The van der Waals surface area contributed by atoms with Gasteiger partial charge in [0.15, 0.2) is 0 Å². The number of rotatable bonds is 8. The van der Waals surface area contributed by atoms with Gasteiger partial charge in [-0.2, -0.15) is 0 Å². The fourth-order valence-corrected chi connectivity index (χ4v) is 1.42. The number of ether oxygens (including phenoxy) is 3. The Morgan fingerprint density at radius 1 is 1.12 bits per heavy atom. The van der Waals surface area contributed by atoms with Gasteiger partial charge in [-0.05, 0) is 24.1 Å². The zero-order chi connectivity index (χ0) is 12.5. The molecule has 0 fully saturated rings.